The Labute approximate surface area is 137 Å². The summed E-state index contributed by atoms with van der Waals surface area (Å²) in [6, 6.07) is 8.53. The molecule has 0 radical (unpaired) electrons. The van der Waals surface area contributed by atoms with Crippen LogP contribution in [0.15, 0.2) is 58.9 Å². The van der Waals surface area contributed by atoms with E-state index in [0.29, 0.717) is 0 Å². The Balaban J connectivity index is 2.09. The molecular weight excluding hydrogens is 282 g/mol. The van der Waals surface area contributed by atoms with Gasteiger partial charge in [0.15, 0.2) is 0 Å². The van der Waals surface area contributed by atoms with Crippen molar-refractivity contribution in [2.45, 2.75) is 20.3 Å². The second-order valence-corrected chi connectivity index (χ2v) is 6.02. The van der Waals surface area contributed by atoms with Gasteiger partial charge in [-0.3, -0.25) is 4.99 Å². The average Bonchev–Trinajstić information content (AvgIpc) is 2.83. The smallest absolute Gasteiger partial charge is 0.0529 e. The number of benzene rings is 1. The average molecular weight is 305 g/mol. The number of hydrogen-bond donors (Lipinski definition) is 1. The number of aryl methyl sites for hydroxylation is 1. The van der Waals surface area contributed by atoms with Gasteiger partial charge in [-0.1, -0.05) is 24.8 Å². The minimum absolute atomic E-state index is 0.884. The lowest BCUT2D eigenvalue weighted by atomic mass is 10.00. The van der Waals surface area contributed by atoms with E-state index in [1.54, 1.807) is 0 Å². The van der Waals surface area contributed by atoms with Crippen molar-refractivity contribution in [1.82, 2.24) is 9.88 Å². The molecule has 3 rings (SSSR count). The Hall–Kier alpha value is -2.55. The molecule has 2 heterocycles. The lowest BCUT2D eigenvalue weighted by molar-refractivity contribution is 0.830. The second-order valence-electron chi connectivity index (χ2n) is 6.02. The second kappa shape index (κ2) is 6.29. The predicted molar refractivity (Wildman–Crippen MR) is 99.6 cm³/mol. The maximum absolute atomic E-state index is 4.43. The Morgan fingerprint density at radius 3 is 2.87 bits per heavy atom. The molecule has 0 aliphatic carbocycles. The molecule has 3 heteroatoms. The van der Waals surface area contributed by atoms with Crippen LogP contribution in [0.25, 0.3) is 17.0 Å². The van der Waals surface area contributed by atoms with Gasteiger partial charge in [0, 0.05) is 48.2 Å². The largest absolute Gasteiger partial charge is 0.389 e. The van der Waals surface area contributed by atoms with Crippen molar-refractivity contribution >= 4 is 23.2 Å². The molecule has 1 N–H and O–H groups in total. The van der Waals surface area contributed by atoms with Crippen LogP contribution in [0.5, 0.6) is 0 Å². The van der Waals surface area contributed by atoms with E-state index in [4.69, 9.17) is 0 Å². The molecular formula is C20H23N3. The van der Waals surface area contributed by atoms with E-state index in [0.717, 1.165) is 24.2 Å². The van der Waals surface area contributed by atoms with E-state index in [9.17, 15) is 0 Å². The van der Waals surface area contributed by atoms with Crippen LogP contribution in [-0.4, -0.2) is 17.3 Å². The fourth-order valence-electron chi connectivity index (χ4n) is 2.96. The molecule has 0 unspecified atom stereocenters. The van der Waals surface area contributed by atoms with Crippen LogP contribution in [0.1, 0.15) is 24.6 Å². The molecule has 1 aliphatic rings. The van der Waals surface area contributed by atoms with Gasteiger partial charge < -0.3 is 9.88 Å². The molecule has 1 aromatic carbocycles. The lowest BCUT2D eigenvalue weighted by Gasteiger charge is -2.07. The molecule has 1 aromatic heterocycles. The maximum Gasteiger partial charge on any atom is 0.0529 e. The number of hydrogen-bond acceptors (Lipinski definition) is 2. The van der Waals surface area contributed by atoms with Gasteiger partial charge in [-0.25, -0.2) is 0 Å². The van der Waals surface area contributed by atoms with Crippen molar-refractivity contribution in [3.8, 4) is 0 Å². The highest BCUT2D eigenvalue weighted by atomic mass is 14.9. The summed E-state index contributed by atoms with van der Waals surface area (Å²) in [6.45, 7) is 9.25. The summed E-state index contributed by atoms with van der Waals surface area (Å²) in [7, 11) is 2.12. The van der Waals surface area contributed by atoms with E-state index in [1.807, 2.05) is 19.3 Å². The van der Waals surface area contributed by atoms with Crippen molar-refractivity contribution in [3.05, 3.63) is 65.1 Å². The first-order valence-corrected chi connectivity index (χ1v) is 7.96. The third kappa shape index (κ3) is 3.00. The third-order valence-electron chi connectivity index (χ3n) is 4.45. The van der Waals surface area contributed by atoms with Crippen molar-refractivity contribution < 1.29 is 0 Å². The zero-order valence-electron chi connectivity index (χ0n) is 14.1. The fraction of sp³-hybridized carbons (Fsp3) is 0.250. The standard InChI is InChI=1S/C20H23N3/c1-14-12-22-15(2)13-21-10-9-17(14)11-19-16(3)23(4)20-8-6-5-7-18(19)20/h5-8,11-13,21H,1,9-10H2,2-4H3. The Morgan fingerprint density at radius 1 is 1.26 bits per heavy atom. The van der Waals surface area contributed by atoms with Gasteiger partial charge in [0.05, 0.1) is 5.70 Å². The molecule has 118 valence electrons. The number of nitrogens with zero attached hydrogens (tertiary/aromatic N) is 2. The van der Waals surface area contributed by atoms with Gasteiger partial charge in [0.2, 0.25) is 0 Å². The highest BCUT2D eigenvalue weighted by Gasteiger charge is 2.11. The quantitative estimate of drug-likeness (QED) is 0.834. The molecule has 0 amide bonds. The summed E-state index contributed by atoms with van der Waals surface area (Å²) >= 11 is 0. The fourth-order valence-corrected chi connectivity index (χ4v) is 2.96. The van der Waals surface area contributed by atoms with Crippen LogP contribution in [0.4, 0.5) is 0 Å². The van der Waals surface area contributed by atoms with E-state index in [2.05, 4.69) is 65.8 Å². The zero-order chi connectivity index (χ0) is 16.4. The molecule has 0 spiro atoms. The number of allylic oxidation sites excluding steroid dienone is 2. The molecule has 0 saturated carbocycles. The molecule has 23 heavy (non-hydrogen) atoms. The number of aromatic nitrogens is 1. The van der Waals surface area contributed by atoms with Crippen molar-refractivity contribution in [1.29, 1.82) is 0 Å². The molecule has 0 atom stereocenters. The minimum atomic E-state index is 0.884. The van der Waals surface area contributed by atoms with Gasteiger partial charge in [-0.15, -0.1) is 0 Å². The monoisotopic (exact) mass is 305 g/mol. The number of rotatable bonds is 1. The van der Waals surface area contributed by atoms with Crippen LogP contribution >= 0.6 is 0 Å². The number of nitrogens with one attached hydrogen (secondary N) is 1. The Bertz CT molecular complexity index is 847. The van der Waals surface area contributed by atoms with E-state index in [-0.39, 0.29) is 0 Å². The minimum Gasteiger partial charge on any atom is -0.389 e. The first kappa shape index (κ1) is 15.3. The summed E-state index contributed by atoms with van der Waals surface area (Å²) in [6.07, 6.45) is 7.02. The van der Waals surface area contributed by atoms with Crippen LogP contribution in [0, 0.1) is 6.92 Å². The lowest BCUT2D eigenvalue weighted by Crippen LogP contribution is -2.08. The van der Waals surface area contributed by atoms with Crippen molar-refractivity contribution in [3.63, 3.8) is 0 Å². The first-order valence-electron chi connectivity index (χ1n) is 7.96. The summed E-state index contributed by atoms with van der Waals surface area (Å²) < 4.78 is 2.25. The third-order valence-corrected chi connectivity index (χ3v) is 4.45. The molecule has 1 aliphatic heterocycles. The van der Waals surface area contributed by atoms with Gasteiger partial charge in [0.25, 0.3) is 0 Å². The van der Waals surface area contributed by atoms with Crippen LogP contribution in [-0.2, 0) is 7.05 Å². The van der Waals surface area contributed by atoms with Crippen molar-refractivity contribution in [2.75, 3.05) is 6.54 Å². The summed E-state index contributed by atoms with van der Waals surface area (Å²) in [5.41, 5.74) is 6.98. The number of aliphatic imine (C=N–C) groups is 1. The van der Waals surface area contributed by atoms with Gasteiger partial charge in [-0.05, 0) is 43.6 Å². The number of para-hydroxylation sites is 1. The Kier molecular flexibility index (Phi) is 4.20. The molecule has 0 saturated heterocycles. The summed E-state index contributed by atoms with van der Waals surface area (Å²) in [5.74, 6) is 0. The zero-order valence-corrected chi connectivity index (χ0v) is 14.1. The van der Waals surface area contributed by atoms with Gasteiger partial charge >= 0.3 is 0 Å². The predicted octanol–water partition coefficient (Wildman–Crippen LogP) is 4.35. The normalized spacial score (nSPS) is 17.6. The topological polar surface area (TPSA) is 29.3 Å². The van der Waals surface area contributed by atoms with Crippen LogP contribution in [0.3, 0.4) is 0 Å². The SMILES string of the molecule is C=C1C=NC(C)=CNCCC1=Cc1c(C)n(C)c2ccccc12. The summed E-state index contributed by atoms with van der Waals surface area (Å²) in [4.78, 5) is 4.43. The van der Waals surface area contributed by atoms with Gasteiger partial charge in [-0.2, -0.15) is 0 Å². The van der Waals surface area contributed by atoms with E-state index < -0.39 is 0 Å². The van der Waals surface area contributed by atoms with Gasteiger partial charge in [0.1, 0.15) is 0 Å². The highest BCUT2D eigenvalue weighted by molar-refractivity contribution is 5.94. The van der Waals surface area contributed by atoms with Crippen LogP contribution < -0.4 is 5.32 Å². The maximum atomic E-state index is 4.43. The van der Waals surface area contributed by atoms with Crippen molar-refractivity contribution in [2.24, 2.45) is 12.0 Å². The Morgan fingerprint density at radius 2 is 2.04 bits per heavy atom. The molecule has 0 bridgehead atoms. The molecule has 0 fully saturated rings. The first-order chi connectivity index (χ1) is 11.1. The van der Waals surface area contributed by atoms with Crippen LogP contribution in [0.2, 0.25) is 0 Å². The molecule has 3 nitrogen and oxygen atoms in total. The van der Waals surface area contributed by atoms with E-state index in [1.165, 1.54) is 27.7 Å². The summed E-state index contributed by atoms with van der Waals surface area (Å²) in [5, 5.41) is 4.59. The molecule has 2 aromatic rings. The van der Waals surface area contributed by atoms with E-state index >= 15 is 0 Å². The highest BCUT2D eigenvalue weighted by Crippen LogP contribution is 2.28. The number of fused-ring (bicyclic) bond motifs is 1.